The van der Waals surface area contributed by atoms with E-state index in [2.05, 4.69) is 10.6 Å². The molecule has 1 fully saturated rings. The Labute approximate surface area is 226 Å². The number of carbonyl (C=O) groups is 4. The number of nitrogens with one attached hydrogen (secondary N) is 3. The second kappa shape index (κ2) is 13.3. The first-order valence-electron chi connectivity index (χ1n) is 13.0. The van der Waals surface area contributed by atoms with Gasteiger partial charge in [0.15, 0.2) is 0 Å². The van der Waals surface area contributed by atoms with Gasteiger partial charge in [-0.2, -0.15) is 13.2 Å². The third kappa shape index (κ3) is 9.52. The van der Waals surface area contributed by atoms with Crippen LogP contribution >= 0.6 is 0 Å². The smallest absolute Gasteiger partial charge is 0.349 e. The average molecular weight is 557 g/mol. The van der Waals surface area contributed by atoms with Gasteiger partial charge in [0.25, 0.3) is 5.91 Å². The Morgan fingerprint density at radius 3 is 2.05 bits per heavy atom. The van der Waals surface area contributed by atoms with Crippen molar-refractivity contribution in [3.05, 3.63) is 35.4 Å². The summed E-state index contributed by atoms with van der Waals surface area (Å²) < 4.78 is 38.3. The molecule has 1 aliphatic rings. The second-order valence-electron chi connectivity index (χ2n) is 11.5. The van der Waals surface area contributed by atoms with Crippen LogP contribution in [0.15, 0.2) is 24.3 Å². The number of hydroxylamine groups is 1. The zero-order chi connectivity index (χ0) is 29.5. The molecule has 0 aliphatic carbocycles. The minimum absolute atomic E-state index is 0.104. The Bertz CT molecular complexity index is 1010. The van der Waals surface area contributed by atoms with Gasteiger partial charge in [-0.1, -0.05) is 34.6 Å². The highest BCUT2D eigenvalue weighted by Gasteiger charge is 2.38. The summed E-state index contributed by atoms with van der Waals surface area (Å²) in [6.45, 7) is 9.93. The van der Waals surface area contributed by atoms with Crippen LogP contribution in [0, 0.1) is 17.3 Å². The van der Waals surface area contributed by atoms with Gasteiger partial charge in [0, 0.05) is 37.0 Å². The third-order valence-corrected chi connectivity index (χ3v) is 6.70. The fourth-order valence-electron chi connectivity index (χ4n) is 4.54. The number of rotatable bonds is 9. The maximum absolute atomic E-state index is 13.5. The highest BCUT2D eigenvalue weighted by Crippen LogP contribution is 2.29. The van der Waals surface area contributed by atoms with E-state index in [4.69, 9.17) is 5.21 Å². The van der Waals surface area contributed by atoms with E-state index in [1.165, 1.54) is 0 Å². The molecule has 218 valence electrons. The van der Waals surface area contributed by atoms with Crippen molar-refractivity contribution in [3.8, 4) is 0 Å². The summed E-state index contributed by atoms with van der Waals surface area (Å²) in [5, 5.41) is 14.5. The lowest BCUT2D eigenvalue weighted by Crippen LogP contribution is -2.58. The first-order chi connectivity index (χ1) is 18.0. The topological polar surface area (TPSA) is 128 Å². The Kier molecular flexibility index (Phi) is 10.9. The normalized spacial score (nSPS) is 16.4. The molecule has 0 aromatic heterocycles. The average Bonchev–Trinajstić information content (AvgIpc) is 2.85. The van der Waals surface area contributed by atoms with Crippen molar-refractivity contribution < 1.29 is 37.6 Å². The second-order valence-corrected chi connectivity index (χ2v) is 11.5. The van der Waals surface area contributed by atoms with Crippen molar-refractivity contribution in [2.45, 2.75) is 78.6 Å². The third-order valence-electron chi connectivity index (χ3n) is 6.70. The molecule has 1 saturated heterocycles. The molecular weight excluding hydrogens is 517 g/mol. The van der Waals surface area contributed by atoms with E-state index in [0.717, 1.165) is 24.3 Å². The first-order valence-corrected chi connectivity index (χ1v) is 13.0. The standard InChI is InChI=1S/C27H39F3N4O5/c1-16(2)14-18(15-21(35)33-39)24(37)32-22(26(3,4)5)25(38)34-12-10-20(11-13-34)31-23(36)17-6-8-19(9-7-17)27(28,29)30/h6-9,16,18,20,22,39H,10-15H2,1-5H3,(H,31,36)(H,32,37)(H,33,35)/t18-,22-/m0/s1. The van der Waals surface area contributed by atoms with Gasteiger partial charge in [0.2, 0.25) is 17.7 Å². The van der Waals surface area contributed by atoms with Crippen LogP contribution in [0.4, 0.5) is 13.2 Å². The fraction of sp³-hybridized carbons (Fsp3) is 0.630. The predicted molar refractivity (Wildman–Crippen MR) is 137 cm³/mol. The number of nitrogens with zero attached hydrogens (tertiary/aromatic N) is 1. The summed E-state index contributed by atoms with van der Waals surface area (Å²) in [7, 11) is 0. The monoisotopic (exact) mass is 556 g/mol. The number of carbonyl (C=O) groups excluding carboxylic acids is 4. The van der Waals surface area contributed by atoms with Crippen LogP contribution < -0.4 is 16.1 Å². The quantitative estimate of drug-likeness (QED) is 0.273. The number of likely N-dealkylation sites (tertiary alicyclic amines) is 1. The summed E-state index contributed by atoms with van der Waals surface area (Å²) in [4.78, 5) is 52.5. The van der Waals surface area contributed by atoms with Crippen molar-refractivity contribution in [3.63, 3.8) is 0 Å². The molecule has 9 nitrogen and oxygen atoms in total. The molecule has 2 atom stereocenters. The van der Waals surface area contributed by atoms with Crippen molar-refractivity contribution >= 4 is 23.6 Å². The molecule has 1 aromatic rings. The number of piperidine rings is 1. The van der Waals surface area contributed by atoms with Crippen LogP contribution in [0.3, 0.4) is 0 Å². The summed E-state index contributed by atoms with van der Waals surface area (Å²) >= 11 is 0. The zero-order valence-electron chi connectivity index (χ0n) is 23.0. The molecule has 2 rings (SSSR count). The fourth-order valence-corrected chi connectivity index (χ4v) is 4.54. The number of alkyl halides is 3. The van der Waals surface area contributed by atoms with Gasteiger partial charge in [-0.05, 0) is 54.9 Å². The molecule has 0 radical (unpaired) electrons. The summed E-state index contributed by atoms with van der Waals surface area (Å²) in [5.41, 5.74) is 0.191. The minimum Gasteiger partial charge on any atom is -0.349 e. The maximum atomic E-state index is 13.5. The lowest BCUT2D eigenvalue weighted by Gasteiger charge is -2.39. The van der Waals surface area contributed by atoms with Crippen LogP contribution in [0.2, 0.25) is 0 Å². The predicted octanol–water partition coefficient (Wildman–Crippen LogP) is 3.51. The molecule has 0 saturated carbocycles. The van der Waals surface area contributed by atoms with E-state index >= 15 is 0 Å². The van der Waals surface area contributed by atoms with Crippen LogP contribution in [-0.4, -0.2) is 58.9 Å². The van der Waals surface area contributed by atoms with Gasteiger partial charge < -0.3 is 15.5 Å². The molecule has 0 unspecified atom stereocenters. The largest absolute Gasteiger partial charge is 0.416 e. The Hall–Kier alpha value is -3.15. The highest BCUT2D eigenvalue weighted by atomic mass is 19.4. The number of hydrogen-bond donors (Lipinski definition) is 4. The molecule has 12 heteroatoms. The van der Waals surface area contributed by atoms with E-state index in [9.17, 15) is 32.3 Å². The van der Waals surface area contributed by atoms with Crippen LogP contribution in [0.1, 0.15) is 76.2 Å². The zero-order valence-corrected chi connectivity index (χ0v) is 23.0. The maximum Gasteiger partial charge on any atom is 0.416 e. The van der Waals surface area contributed by atoms with Gasteiger partial charge in [-0.25, -0.2) is 5.48 Å². The summed E-state index contributed by atoms with van der Waals surface area (Å²) in [6.07, 6.45) is -3.42. The molecule has 0 bridgehead atoms. The van der Waals surface area contributed by atoms with E-state index < -0.39 is 46.8 Å². The molecular formula is C27H39F3N4O5. The summed E-state index contributed by atoms with van der Waals surface area (Å²) in [6, 6.07) is 2.85. The van der Waals surface area contributed by atoms with Gasteiger partial charge >= 0.3 is 6.18 Å². The van der Waals surface area contributed by atoms with Crippen LogP contribution in [0.25, 0.3) is 0 Å². The van der Waals surface area contributed by atoms with E-state index in [1.54, 1.807) is 10.4 Å². The van der Waals surface area contributed by atoms with Gasteiger partial charge in [-0.15, -0.1) is 0 Å². The number of hydrogen-bond acceptors (Lipinski definition) is 5. The van der Waals surface area contributed by atoms with Gasteiger partial charge in [0.05, 0.1) is 5.56 Å². The Morgan fingerprint density at radius 2 is 1.59 bits per heavy atom. The molecule has 4 amide bonds. The van der Waals surface area contributed by atoms with Crippen molar-refractivity contribution in [2.24, 2.45) is 17.3 Å². The SMILES string of the molecule is CC(C)C[C@@H](CC(=O)NO)C(=O)N[C@@H](C(=O)N1CCC(NC(=O)c2ccc(C(F)(F)F)cc2)CC1)C(C)(C)C. The number of benzene rings is 1. The van der Waals surface area contributed by atoms with Crippen molar-refractivity contribution in [1.29, 1.82) is 0 Å². The Balaban J connectivity index is 2.01. The number of halogens is 3. The van der Waals surface area contributed by atoms with Crippen LogP contribution in [-0.2, 0) is 20.6 Å². The first kappa shape index (κ1) is 32.1. The summed E-state index contributed by atoms with van der Waals surface area (Å²) in [5.74, 6) is -2.52. The van der Waals surface area contributed by atoms with E-state index in [1.807, 2.05) is 34.6 Å². The molecule has 0 spiro atoms. The van der Waals surface area contributed by atoms with Crippen molar-refractivity contribution in [1.82, 2.24) is 21.0 Å². The van der Waals surface area contributed by atoms with Crippen molar-refractivity contribution in [2.75, 3.05) is 13.1 Å². The minimum atomic E-state index is -4.48. The molecule has 1 heterocycles. The molecule has 1 aliphatic heterocycles. The number of amides is 4. The van der Waals surface area contributed by atoms with E-state index in [0.29, 0.717) is 32.4 Å². The van der Waals surface area contributed by atoms with Gasteiger partial charge in [0.1, 0.15) is 6.04 Å². The Morgan fingerprint density at radius 1 is 1.03 bits per heavy atom. The van der Waals surface area contributed by atoms with E-state index in [-0.39, 0.29) is 29.9 Å². The molecule has 4 N–H and O–H groups in total. The van der Waals surface area contributed by atoms with Crippen LogP contribution in [0.5, 0.6) is 0 Å². The van der Waals surface area contributed by atoms with Gasteiger partial charge in [-0.3, -0.25) is 24.4 Å². The molecule has 39 heavy (non-hydrogen) atoms. The highest BCUT2D eigenvalue weighted by molar-refractivity contribution is 5.94. The lowest BCUT2D eigenvalue weighted by molar-refractivity contribution is -0.142. The lowest BCUT2D eigenvalue weighted by atomic mass is 9.84. The molecule has 1 aromatic carbocycles.